The van der Waals surface area contributed by atoms with Gasteiger partial charge in [-0.15, -0.1) is 0 Å². The number of nitrogens with zero attached hydrogens (tertiary/aromatic N) is 5. The molecule has 1 amide bonds. The van der Waals surface area contributed by atoms with Crippen LogP contribution in [0, 0.1) is 17.6 Å². The topological polar surface area (TPSA) is 159 Å². The summed E-state index contributed by atoms with van der Waals surface area (Å²) in [4.78, 5) is 33.2. The van der Waals surface area contributed by atoms with Crippen LogP contribution in [0.3, 0.4) is 0 Å². The molecule has 1 aromatic carbocycles. The Morgan fingerprint density at radius 2 is 1.84 bits per heavy atom. The summed E-state index contributed by atoms with van der Waals surface area (Å²) >= 11 is 0. The Morgan fingerprint density at radius 1 is 1.00 bits per heavy atom. The van der Waals surface area contributed by atoms with Crippen LogP contribution in [-0.4, -0.2) is 61.5 Å². The molecule has 0 aliphatic heterocycles. The van der Waals surface area contributed by atoms with Crippen LogP contribution in [0.15, 0.2) is 55.1 Å². The minimum Gasteiger partial charge on any atom is -0.336 e. The summed E-state index contributed by atoms with van der Waals surface area (Å²) in [6.07, 6.45) is 9.98. The number of nitrogens with one attached hydrogen (secondary N) is 3. The van der Waals surface area contributed by atoms with Crippen molar-refractivity contribution in [2.24, 2.45) is 5.92 Å². The molecule has 0 bridgehead atoms. The number of aromatic nitrogens is 7. The number of anilines is 1. The number of rotatable bonds is 8. The molecule has 0 unspecified atom stereocenters. The van der Waals surface area contributed by atoms with Gasteiger partial charge in [0.15, 0.2) is 11.6 Å². The number of hydrogen-bond donors (Lipinski definition) is 3. The minimum absolute atomic E-state index is 0.0178. The van der Waals surface area contributed by atoms with Crippen LogP contribution in [0.5, 0.6) is 0 Å². The average Bonchev–Trinajstić information content (AvgIpc) is 3.60. The van der Waals surface area contributed by atoms with Gasteiger partial charge in [-0.1, -0.05) is 6.42 Å². The first kappa shape index (κ1) is 28.6. The Morgan fingerprint density at radius 3 is 2.62 bits per heavy atom. The predicted octanol–water partition coefficient (Wildman–Crippen LogP) is 5.23. The molecule has 45 heavy (non-hydrogen) atoms. The van der Waals surface area contributed by atoms with Crippen molar-refractivity contribution >= 4 is 43.4 Å². The predicted molar refractivity (Wildman–Crippen MR) is 165 cm³/mol. The van der Waals surface area contributed by atoms with Crippen LogP contribution in [0.2, 0.25) is 0 Å². The molecule has 14 heteroatoms. The molecule has 3 N–H and O–H groups in total. The Hall–Kier alpha value is -5.11. The number of halogens is 2. The fraction of sp³-hybridized carbons (Fsp3) is 0.226. The third kappa shape index (κ3) is 5.64. The van der Waals surface area contributed by atoms with Gasteiger partial charge in [-0.2, -0.15) is 5.10 Å². The second-order valence-corrected chi connectivity index (χ2v) is 13.5. The number of fused-ring (bicyclic) bond motifs is 2. The molecule has 0 radical (unpaired) electrons. The van der Waals surface area contributed by atoms with Crippen LogP contribution in [0.25, 0.3) is 56.0 Å². The molecule has 0 saturated heterocycles. The van der Waals surface area contributed by atoms with Crippen molar-refractivity contribution in [2.45, 2.75) is 25.7 Å². The Bertz CT molecular complexity index is 2230. The highest BCUT2D eigenvalue weighted by atomic mass is 32.2. The lowest BCUT2D eigenvalue weighted by molar-refractivity contribution is -0.122. The molecule has 1 fully saturated rings. The van der Waals surface area contributed by atoms with Gasteiger partial charge in [0.25, 0.3) is 0 Å². The van der Waals surface area contributed by atoms with Gasteiger partial charge >= 0.3 is 0 Å². The van der Waals surface area contributed by atoms with Crippen LogP contribution in [-0.2, 0) is 21.1 Å². The summed E-state index contributed by atoms with van der Waals surface area (Å²) in [7, 11) is -3.24. The quantitative estimate of drug-likeness (QED) is 0.207. The Kier molecular flexibility index (Phi) is 7.07. The third-order valence-corrected chi connectivity index (χ3v) is 8.86. The number of aromatic amines is 2. The van der Waals surface area contributed by atoms with E-state index in [9.17, 15) is 17.6 Å². The second-order valence-electron chi connectivity index (χ2n) is 11.2. The van der Waals surface area contributed by atoms with Gasteiger partial charge in [0, 0.05) is 35.7 Å². The monoisotopic (exact) mass is 628 g/mol. The number of benzene rings is 1. The molecule has 5 heterocycles. The van der Waals surface area contributed by atoms with E-state index >= 15 is 4.39 Å². The molecular formula is C31H26F2N8O3S. The lowest BCUT2D eigenvalue weighted by Gasteiger charge is -2.24. The standard InChI is InChI=1S/C31H26F2N8O3S/c1-45(43,44)8-6-16-9-18(11-20(32)10-16)27-28-22(5-7-35-27)38-30(39-28)29-24-23(40-41-29)15-36-26(25(24)33)19-12-21(14-34-13-19)37-31(42)17-3-2-4-17/h5,7,9-15,17H,2-4,6,8H2,1H3,(H,37,42)(H,38,39)(H,40,41). The molecule has 11 nitrogen and oxygen atoms in total. The number of H-pyrrole nitrogens is 2. The highest BCUT2D eigenvalue weighted by Crippen LogP contribution is 2.35. The summed E-state index contributed by atoms with van der Waals surface area (Å²) < 4.78 is 54.1. The van der Waals surface area contributed by atoms with Crippen LogP contribution in [0.4, 0.5) is 14.5 Å². The number of sulfone groups is 1. The van der Waals surface area contributed by atoms with E-state index in [0.29, 0.717) is 44.6 Å². The maximum atomic E-state index is 16.2. The summed E-state index contributed by atoms with van der Waals surface area (Å²) in [6, 6.07) is 7.60. The molecule has 1 aliphatic rings. The number of imidazole rings is 1. The van der Waals surface area contributed by atoms with E-state index in [1.165, 1.54) is 36.9 Å². The van der Waals surface area contributed by atoms with E-state index in [1.54, 1.807) is 18.2 Å². The van der Waals surface area contributed by atoms with Gasteiger partial charge in [-0.05, 0) is 55.2 Å². The van der Waals surface area contributed by atoms with Gasteiger partial charge in [0.1, 0.15) is 32.6 Å². The fourth-order valence-electron chi connectivity index (χ4n) is 5.39. The smallest absolute Gasteiger partial charge is 0.227 e. The molecule has 0 spiro atoms. The van der Waals surface area contributed by atoms with Crippen molar-refractivity contribution in [1.82, 2.24) is 35.1 Å². The highest BCUT2D eigenvalue weighted by Gasteiger charge is 2.26. The normalized spacial score (nSPS) is 13.8. The summed E-state index contributed by atoms with van der Waals surface area (Å²) in [5, 5.41) is 10.1. The van der Waals surface area contributed by atoms with E-state index in [1.807, 2.05) is 0 Å². The molecule has 5 aromatic heterocycles. The first-order valence-electron chi connectivity index (χ1n) is 14.2. The molecular weight excluding hydrogens is 602 g/mol. The van der Waals surface area contributed by atoms with Gasteiger partial charge in [0.2, 0.25) is 5.91 Å². The molecule has 0 atom stereocenters. The summed E-state index contributed by atoms with van der Waals surface area (Å²) in [5.41, 5.74) is 3.64. The molecule has 1 saturated carbocycles. The average molecular weight is 629 g/mol. The maximum Gasteiger partial charge on any atom is 0.227 e. The first-order valence-corrected chi connectivity index (χ1v) is 16.3. The van der Waals surface area contributed by atoms with Crippen molar-refractivity contribution in [3.63, 3.8) is 0 Å². The number of aryl methyl sites for hydroxylation is 1. The zero-order valence-electron chi connectivity index (χ0n) is 23.9. The third-order valence-electron chi connectivity index (χ3n) is 7.92. The maximum absolute atomic E-state index is 16.2. The second kappa shape index (κ2) is 11.1. The summed E-state index contributed by atoms with van der Waals surface area (Å²) in [6.45, 7) is 0. The number of amides is 1. The SMILES string of the molecule is CS(=O)(=O)CCc1cc(F)cc(-c2nccc3[nH]c(-c4n[nH]c5cnc(-c6cncc(NC(=O)C7CCC7)c6)c(F)c45)nc23)c1. The number of carbonyl (C=O) groups is 1. The van der Waals surface area contributed by atoms with Gasteiger partial charge in [-0.3, -0.25) is 24.8 Å². The lowest BCUT2D eigenvalue weighted by atomic mass is 9.85. The van der Waals surface area contributed by atoms with Crippen molar-refractivity contribution in [1.29, 1.82) is 0 Å². The van der Waals surface area contributed by atoms with Crippen LogP contribution in [0.1, 0.15) is 24.8 Å². The van der Waals surface area contributed by atoms with E-state index in [0.717, 1.165) is 25.5 Å². The van der Waals surface area contributed by atoms with Crippen molar-refractivity contribution < 1.29 is 22.0 Å². The van der Waals surface area contributed by atoms with Gasteiger partial charge in [0.05, 0.1) is 45.9 Å². The number of hydrogen-bond acceptors (Lipinski definition) is 8. The van der Waals surface area contributed by atoms with E-state index < -0.39 is 21.5 Å². The fourth-order valence-corrected chi connectivity index (χ4v) is 6.00. The van der Waals surface area contributed by atoms with Crippen molar-refractivity contribution in [3.05, 3.63) is 72.3 Å². The van der Waals surface area contributed by atoms with Gasteiger partial charge in [-0.25, -0.2) is 22.2 Å². The van der Waals surface area contributed by atoms with Crippen LogP contribution < -0.4 is 5.32 Å². The molecule has 228 valence electrons. The number of carbonyl (C=O) groups excluding carboxylic acids is 1. The lowest BCUT2D eigenvalue weighted by Crippen LogP contribution is -2.28. The summed E-state index contributed by atoms with van der Waals surface area (Å²) in [5.74, 6) is -1.16. The van der Waals surface area contributed by atoms with Crippen LogP contribution >= 0.6 is 0 Å². The molecule has 6 aromatic rings. The highest BCUT2D eigenvalue weighted by molar-refractivity contribution is 7.90. The molecule has 1 aliphatic carbocycles. The Balaban J connectivity index is 1.26. The van der Waals surface area contributed by atoms with Crippen molar-refractivity contribution in [2.75, 3.05) is 17.3 Å². The Labute approximate surface area is 255 Å². The largest absolute Gasteiger partial charge is 0.336 e. The van der Waals surface area contributed by atoms with Crippen molar-refractivity contribution in [3.8, 4) is 34.0 Å². The van der Waals surface area contributed by atoms with E-state index in [2.05, 4.69) is 40.4 Å². The van der Waals surface area contributed by atoms with E-state index in [-0.39, 0.29) is 46.6 Å². The number of pyridine rings is 3. The van der Waals surface area contributed by atoms with E-state index in [4.69, 9.17) is 0 Å². The first-order chi connectivity index (χ1) is 21.6. The zero-order valence-corrected chi connectivity index (χ0v) is 24.8. The zero-order chi connectivity index (χ0) is 31.3. The molecule has 7 rings (SSSR count). The van der Waals surface area contributed by atoms with Gasteiger partial charge < -0.3 is 10.3 Å². The minimum atomic E-state index is -3.24.